The van der Waals surface area contributed by atoms with E-state index in [2.05, 4.69) is 24.9 Å². The summed E-state index contributed by atoms with van der Waals surface area (Å²) < 4.78 is 0. The van der Waals surface area contributed by atoms with Gasteiger partial charge in [-0.3, -0.25) is 0 Å². The Bertz CT molecular complexity index is 460. The first-order valence-electron chi connectivity index (χ1n) is 5.97. The molecule has 0 saturated heterocycles. The molecule has 2 nitrogen and oxygen atoms in total. The van der Waals surface area contributed by atoms with E-state index in [-0.39, 0.29) is 6.10 Å². The highest BCUT2D eigenvalue weighted by Gasteiger charge is 2.15. The first-order chi connectivity index (χ1) is 7.72. The summed E-state index contributed by atoms with van der Waals surface area (Å²) >= 11 is 0. The molecule has 2 heteroatoms. The normalized spacial score (nSPS) is 15.2. The van der Waals surface area contributed by atoms with Crippen molar-refractivity contribution < 1.29 is 5.11 Å². The molecule has 0 bridgehead atoms. The molecule has 0 amide bonds. The number of fused-ring (bicyclic) bond motifs is 1. The Morgan fingerprint density at radius 1 is 1.31 bits per heavy atom. The summed E-state index contributed by atoms with van der Waals surface area (Å²) in [5.74, 6) is 0.321. The van der Waals surface area contributed by atoms with Crippen LogP contribution in [0.1, 0.15) is 38.4 Å². The number of H-pyrrole nitrogens is 1. The van der Waals surface area contributed by atoms with Crippen molar-refractivity contribution in [2.75, 3.05) is 0 Å². The molecule has 0 spiro atoms. The smallest absolute Gasteiger partial charge is 0.0815 e. The van der Waals surface area contributed by atoms with Crippen molar-refractivity contribution in [1.29, 1.82) is 0 Å². The van der Waals surface area contributed by atoms with E-state index < -0.39 is 0 Å². The monoisotopic (exact) mass is 217 g/mol. The molecule has 2 aromatic rings. The van der Waals surface area contributed by atoms with Crippen LogP contribution in [0.15, 0.2) is 30.5 Å². The number of aliphatic hydroxyl groups excluding tert-OH is 1. The van der Waals surface area contributed by atoms with Gasteiger partial charge < -0.3 is 10.1 Å². The predicted molar refractivity (Wildman–Crippen MR) is 67.3 cm³/mol. The molecule has 1 aromatic carbocycles. The fourth-order valence-electron chi connectivity index (χ4n) is 2.20. The number of benzene rings is 1. The van der Waals surface area contributed by atoms with E-state index in [1.807, 2.05) is 24.4 Å². The van der Waals surface area contributed by atoms with Gasteiger partial charge in [0.05, 0.1) is 6.10 Å². The van der Waals surface area contributed by atoms with E-state index in [9.17, 15) is 5.11 Å². The van der Waals surface area contributed by atoms with Crippen LogP contribution >= 0.6 is 0 Å². The number of hydrogen-bond acceptors (Lipinski definition) is 1. The van der Waals surface area contributed by atoms with Gasteiger partial charge in [-0.2, -0.15) is 0 Å². The van der Waals surface area contributed by atoms with E-state index >= 15 is 0 Å². The molecule has 0 saturated carbocycles. The Morgan fingerprint density at radius 3 is 2.88 bits per heavy atom. The lowest BCUT2D eigenvalue weighted by molar-refractivity contribution is 0.112. The van der Waals surface area contributed by atoms with Gasteiger partial charge in [-0.15, -0.1) is 0 Å². The Balaban J connectivity index is 2.24. The van der Waals surface area contributed by atoms with Gasteiger partial charge in [-0.05, 0) is 41.5 Å². The van der Waals surface area contributed by atoms with Gasteiger partial charge in [-0.1, -0.05) is 26.3 Å². The molecule has 0 aliphatic rings. The lowest BCUT2D eigenvalue weighted by Crippen LogP contribution is -2.08. The number of aliphatic hydroxyl groups is 1. The Kier molecular flexibility index (Phi) is 3.30. The topological polar surface area (TPSA) is 36.0 Å². The fourth-order valence-corrected chi connectivity index (χ4v) is 2.20. The highest BCUT2D eigenvalue weighted by atomic mass is 16.3. The van der Waals surface area contributed by atoms with Gasteiger partial charge in [-0.25, -0.2) is 0 Å². The minimum Gasteiger partial charge on any atom is -0.388 e. The Hall–Kier alpha value is -1.28. The molecule has 2 unspecified atom stereocenters. The van der Waals surface area contributed by atoms with Crippen LogP contribution in [0.4, 0.5) is 0 Å². The van der Waals surface area contributed by atoms with E-state index in [4.69, 9.17) is 0 Å². The third-order valence-corrected chi connectivity index (χ3v) is 3.20. The maximum absolute atomic E-state index is 10.2. The minimum atomic E-state index is -0.348. The zero-order chi connectivity index (χ0) is 11.5. The molecule has 0 radical (unpaired) electrons. The molecular weight excluding hydrogens is 198 g/mol. The van der Waals surface area contributed by atoms with Crippen molar-refractivity contribution in [3.63, 3.8) is 0 Å². The van der Waals surface area contributed by atoms with Crippen molar-refractivity contribution in [1.82, 2.24) is 4.98 Å². The molecule has 0 aliphatic heterocycles. The second kappa shape index (κ2) is 4.71. The first kappa shape index (κ1) is 11.2. The van der Waals surface area contributed by atoms with Crippen LogP contribution in [0.3, 0.4) is 0 Å². The number of aromatic nitrogens is 1. The minimum absolute atomic E-state index is 0.321. The Morgan fingerprint density at radius 2 is 2.12 bits per heavy atom. The molecule has 2 atom stereocenters. The average Bonchev–Trinajstić information content (AvgIpc) is 2.75. The van der Waals surface area contributed by atoms with Crippen LogP contribution < -0.4 is 0 Å². The van der Waals surface area contributed by atoms with Crippen molar-refractivity contribution >= 4 is 10.9 Å². The summed E-state index contributed by atoms with van der Waals surface area (Å²) in [4.78, 5) is 3.16. The van der Waals surface area contributed by atoms with Crippen LogP contribution in [0, 0.1) is 5.92 Å². The van der Waals surface area contributed by atoms with Crippen LogP contribution in [-0.4, -0.2) is 10.1 Å². The highest BCUT2D eigenvalue weighted by molar-refractivity contribution is 5.80. The first-order valence-corrected chi connectivity index (χ1v) is 5.97. The molecule has 2 rings (SSSR count). The van der Waals surface area contributed by atoms with Crippen LogP contribution in [0.25, 0.3) is 10.9 Å². The SMILES string of the molecule is CCCC(C)C(O)c1ccc2[nH]ccc2c1. The largest absolute Gasteiger partial charge is 0.388 e. The molecule has 0 aliphatic carbocycles. The van der Waals surface area contributed by atoms with Crippen molar-refractivity contribution in [3.05, 3.63) is 36.0 Å². The maximum atomic E-state index is 10.2. The molecule has 16 heavy (non-hydrogen) atoms. The lowest BCUT2D eigenvalue weighted by Gasteiger charge is -2.18. The predicted octanol–water partition coefficient (Wildman–Crippen LogP) is 3.64. The maximum Gasteiger partial charge on any atom is 0.0815 e. The van der Waals surface area contributed by atoms with Crippen molar-refractivity contribution in [2.45, 2.75) is 32.8 Å². The quantitative estimate of drug-likeness (QED) is 0.806. The van der Waals surface area contributed by atoms with Gasteiger partial charge in [0, 0.05) is 11.7 Å². The van der Waals surface area contributed by atoms with E-state index in [1.54, 1.807) is 0 Å². The second-order valence-corrected chi connectivity index (χ2v) is 4.54. The van der Waals surface area contributed by atoms with Gasteiger partial charge in [0.25, 0.3) is 0 Å². The highest BCUT2D eigenvalue weighted by Crippen LogP contribution is 2.27. The van der Waals surface area contributed by atoms with Crippen molar-refractivity contribution in [3.8, 4) is 0 Å². The number of hydrogen-bond donors (Lipinski definition) is 2. The number of rotatable bonds is 4. The van der Waals surface area contributed by atoms with Gasteiger partial charge in [0.1, 0.15) is 0 Å². The number of nitrogens with one attached hydrogen (secondary N) is 1. The molecule has 1 heterocycles. The Labute approximate surface area is 96.3 Å². The summed E-state index contributed by atoms with van der Waals surface area (Å²) in [5, 5.41) is 11.4. The zero-order valence-corrected chi connectivity index (χ0v) is 9.90. The molecular formula is C14H19NO. The molecule has 0 fully saturated rings. The lowest BCUT2D eigenvalue weighted by atomic mass is 9.93. The second-order valence-electron chi connectivity index (χ2n) is 4.54. The van der Waals surface area contributed by atoms with Crippen LogP contribution in [0.5, 0.6) is 0 Å². The number of aromatic amines is 1. The third kappa shape index (κ3) is 2.12. The molecule has 86 valence electrons. The summed E-state index contributed by atoms with van der Waals surface area (Å²) in [6.07, 6.45) is 3.76. The van der Waals surface area contributed by atoms with E-state index in [0.717, 1.165) is 23.9 Å². The van der Waals surface area contributed by atoms with Gasteiger partial charge in [0.2, 0.25) is 0 Å². The summed E-state index contributed by atoms with van der Waals surface area (Å²) in [5.41, 5.74) is 2.15. The van der Waals surface area contributed by atoms with Crippen LogP contribution in [-0.2, 0) is 0 Å². The van der Waals surface area contributed by atoms with Gasteiger partial charge >= 0.3 is 0 Å². The van der Waals surface area contributed by atoms with Gasteiger partial charge in [0.15, 0.2) is 0 Å². The average molecular weight is 217 g/mol. The molecule has 1 aromatic heterocycles. The van der Waals surface area contributed by atoms with Crippen molar-refractivity contribution in [2.24, 2.45) is 5.92 Å². The van der Waals surface area contributed by atoms with Crippen LogP contribution in [0.2, 0.25) is 0 Å². The van der Waals surface area contributed by atoms with E-state index in [1.165, 1.54) is 5.39 Å². The molecule has 2 N–H and O–H groups in total. The summed E-state index contributed by atoms with van der Waals surface area (Å²) in [7, 11) is 0. The summed E-state index contributed by atoms with van der Waals surface area (Å²) in [6, 6.07) is 8.15. The zero-order valence-electron chi connectivity index (χ0n) is 9.90. The summed E-state index contributed by atoms with van der Waals surface area (Å²) in [6.45, 7) is 4.26. The fraction of sp³-hybridized carbons (Fsp3) is 0.429. The van der Waals surface area contributed by atoms with E-state index in [0.29, 0.717) is 5.92 Å². The standard InChI is InChI=1S/C14H19NO/c1-3-4-10(2)14(16)12-5-6-13-11(9-12)7-8-15-13/h5-10,14-16H,3-4H2,1-2H3. The third-order valence-electron chi connectivity index (χ3n) is 3.20.